The minimum absolute atomic E-state index is 0.123. The fourth-order valence-corrected chi connectivity index (χ4v) is 1.88. The lowest BCUT2D eigenvalue weighted by Gasteiger charge is -2.14. The predicted molar refractivity (Wildman–Crippen MR) is 57.6 cm³/mol. The van der Waals surface area contributed by atoms with Gasteiger partial charge in [-0.15, -0.1) is 0 Å². The molecule has 80 valence electrons. The molecule has 0 aromatic carbocycles. The van der Waals surface area contributed by atoms with E-state index < -0.39 is 0 Å². The summed E-state index contributed by atoms with van der Waals surface area (Å²) in [5, 5.41) is 4.27. The highest BCUT2D eigenvalue weighted by Crippen LogP contribution is 2.23. The van der Waals surface area contributed by atoms with E-state index in [1.807, 2.05) is 32.2 Å². The van der Waals surface area contributed by atoms with Gasteiger partial charge in [-0.3, -0.25) is 9.48 Å². The number of allylic oxidation sites excluding steroid dienone is 1. The maximum atomic E-state index is 12.0. The van der Waals surface area contributed by atoms with Crippen molar-refractivity contribution in [2.45, 2.75) is 12.8 Å². The van der Waals surface area contributed by atoms with Crippen LogP contribution >= 0.6 is 0 Å². The summed E-state index contributed by atoms with van der Waals surface area (Å²) in [5.74, 6) is 0.123. The molecule has 1 aromatic heterocycles. The van der Waals surface area contributed by atoms with Gasteiger partial charge >= 0.3 is 0 Å². The van der Waals surface area contributed by atoms with Gasteiger partial charge in [0.05, 0.1) is 11.3 Å². The van der Waals surface area contributed by atoms with Gasteiger partial charge in [-0.2, -0.15) is 5.10 Å². The SMILES string of the molecule is CN(C)/C=C1/CCc2nn(C)cc2C1=O. The molecule has 0 radical (unpaired) electrons. The summed E-state index contributed by atoms with van der Waals surface area (Å²) in [4.78, 5) is 13.9. The Kier molecular flexibility index (Phi) is 2.34. The van der Waals surface area contributed by atoms with Gasteiger partial charge < -0.3 is 4.90 Å². The van der Waals surface area contributed by atoms with Crippen LogP contribution in [0.2, 0.25) is 0 Å². The van der Waals surface area contributed by atoms with Crippen LogP contribution in [0.25, 0.3) is 0 Å². The molecular weight excluding hydrogens is 190 g/mol. The van der Waals surface area contributed by atoms with Gasteiger partial charge in [-0.1, -0.05) is 0 Å². The summed E-state index contributed by atoms with van der Waals surface area (Å²) in [7, 11) is 5.71. The second-order valence-corrected chi connectivity index (χ2v) is 4.11. The van der Waals surface area contributed by atoms with Gasteiger partial charge in [-0.05, 0) is 12.8 Å². The first-order valence-electron chi connectivity index (χ1n) is 5.02. The Bertz CT molecular complexity index is 429. The Morgan fingerprint density at radius 2 is 2.20 bits per heavy atom. The summed E-state index contributed by atoms with van der Waals surface area (Å²) in [5.41, 5.74) is 2.57. The number of hydrogen-bond donors (Lipinski definition) is 0. The lowest BCUT2D eigenvalue weighted by molar-refractivity contribution is 0.102. The number of aryl methyl sites for hydroxylation is 2. The van der Waals surface area contributed by atoms with Crippen molar-refractivity contribution in [1.82, 2.24) is 14.7 Å². The van der Waals surface area contributed by atoms with Crippen LogP contribution in [-0.4, -0.2) is 34.6 Å². The Hall–Kier alpha value is -1.58. The van der Waals surface area contributed by atoms with Crippen molar-refractivity contribution in [3.63, 3.8) is 0 Å². The van der Waals surface area contributed by atoms with Crippen LogP contribution in [0.4, 0.5) is 0 Å². The van der Waals surface area contributed by atoms with Crippen LogP contribution in [0, 0.1) is 0 Å². The fraction of sp³-hybridized carbons (Fsp3) is 0.455. The average molecular weight is 205 g/mol. The molecule has 0 unspecified atom stereocenters. The quantitative estimate of drug-likeness (QED) is 0.642. The second kappa shape index (κ2) is 3.53. The first-order valence-corrected chi connectivity index (χ1v) is 5.02. The molecule has 1 aromatic rings. The van der Waals surface area contributed by atoms with Gasteiger partial charge in [0.25, 0.3) is 0 Å². The Morgan fingerprint density at radius 1 is 1.47 bits per heavy atom. The van der Waals surface area contributed by atoms with Crippen LogP contribution in [0.5, 0.6) is 0 Å². The van der Waals surface area contributed by atoms with Crippen molar-refractivity contribution in [1.29, 1.82) is 0 Å². The molecular formula is C11H15N3O. The molecule has 4 heteroatoms. The summed E-state index contributed by atoms with van der Waals surface area (Å²) in [6.45, 7) is 0. The van der Waals surface area contributed by atoms with E-state index in [4.69, 9.17) is 0 Å². The first-order chi connectivity index (χ1) is 7.08. The monoisotopic (exact) mass is 205 g/mol. The number of nitrogens with zero attached hydrogens (tertiary/aromatic N) is 3. The van der Waals surface area contributed by atoms with Crippen molar-refractivity contribution >= 4 is 5.78 Å². The molecule has 1 aliphatic rings. The topological polar surface area (TPSA) is 38.1 Å². The highest BCUT2D eigenvalue weighted by atomic mass is 16.1. The Morgan fingerprint density at radius 3 is 2.87 bits per heavy atom. The second-order valence-electron chi connectivity index (χ2n) is 4.11. The van der Waals surface area contributed by atoms with Gasteiger partial charge in [0, 0.05) is 39.1 Å². The first kappa shape index (κ1) is 9.96. The van der Waals surface area contributed by atoms with Crippen LogP contribution in [0.15, 0.2) is 18.0 Å². The number of fused-ring (bicyclic) bond motifs is 1. The minimum Gasteiger partial charge on any atom is -0.383 e. The summed E-state index contributed by atoms with van der Waals surface area (Å²) in [6, 6.07) is 0. The maximum Gasteiger partial charge on any atom is 0.193 e. The molecule has 0 N–H and O–H groups in total. The van der Waals surface area contributed by atoms with Gasteiger partial charge in [0.15, 0.2) is 5.78 Å². The minimum atomic E-state index is 0.123. The molecule has 0 fully saturated rings. The molecule has 0 aliphatic heterocycles. The van der Waals surface area contributed by atoms with E-state index in [2.05, 4.69) is 5.10 Å². The number of carbonyl (C=O) groups excluding carboxylic acids is 1. The molecule has 0 atom stereocenters. The summed E-state index contributed by atoms with van der Waals surface area (Å²) >= 11 is 0. The normalized spacial score (nSPS) is 18.1. The smallest absolute Gasteiger partial charge is 0.193 e. The number of aromatic nitrogens is 2. The number of carbonyl (C=O) groups is 1. The van der Waals surface area contributed by atoms with E-state index in [9.17, 15) is 4.79 Å². The number of rotatable bonds is 1. The molecule has 4 nitrogen and oxygen atoms in total. The van der Waals surface area contributed by atoms with E-state index in [-0.39, 0.29) is 5.78 Å². The Labute approximate surface area is 89.2 Å². The standard InChI is InChI=1S/C11H15N3O/c1-13(2)6-8-4-5-10-9(11(8)15)7-14(3)12-10/h6-7H,4-5H2,1-3H3/b8-6-. The van der Waals surface area contributed by atoms with Gasteiger partial charge in [0.2, 0.25) is 0 Å². The van der Waals surface area contributed by atoms with Crippen molar-refractivity contribution in [3.05, 3.63) is 29.2 Å². The third-order valence-electron chi connectivity index (χ3n) is 2.49. The third kappa shape index (κ3) is 1.79. The number of hydrogen-bond acceptors (Lipinski definition) is 3. The van der Waals surface area contributed by atoms with E-state index in [1.165, 1.54) is 0 Å². The highest BCUT2D eigenvalue weighted by Gasteiger charge is 2.24. The molecule has 1 heterocycles. The van der Waals surface area contributed by atoms with E-state index >= 15 is 0 Å². The summed E-state index contributed by atoms with van der Waals surface area (Å²) < 4.78 is 1.71. The maximum absolute atomic E-state index is 12.0. The molecule has 1 aliphatic carbocycles. The molecule has 0 saturated heterocycles. The zero-order valence-corrected chi connectivity index (χ0v) is 9.32. The van der Waals surface area contributed by atoms with Crippen molar-refractivity contribution < 1.29 is 4.79 Å². The van der Waals surface area contributed by atoms with Crippen LogP contribution in [-0.2, 0) is 13.5 Å². The van der Waals surface area contributed by atoms with Crippen LogP contribution in [0.3, 0.4) is 0 Å². The van der Waals surface area contributed by atoms with E-state index in [0.29, 0.717) is 0 Å². The van der Waals surface area contributed by atoms with E-state index in [0.717, 1.165) is 29.7 Å². The van der Waals surface area contributed by atoms with Gasteiger partial charge in [0.1, 0.15) is 0 Å². The molecule has 15 heavy (non-hydrogen) atoms. The summed E-state index contributed by atoms with van der Waals surface area (Å²) in [6.07, 6.45) is 5.36. The van der Waals surface area contributed by atoms with Crippen LogP contribution < -0.4 is 0 Å². The van der Waals surface area contributed by atoms with E-state index in [1.54, 1.807) is 10.9 Å². The number of Topliss-reactive ketones (excluding diaryl/α,β-unsaturated/α-hetero) is 1. The molecule has 0 spiro atoms. The van der Waals surface area contributed by atoms with Crippen molar-refractivity contribution in [3.8, 4) is 0 Å². The van der Waals surface area contributed by atoms with Crippen molar-refractivity contribution in [2.24, 2.45) is 7.05 Å². The number of ketones is 1. The highest BCUT2D eigenvalue weighted by molar-refractivity contribution is 6.10. The van der Waals surface area contributed by atoms with Crippen molar-refractivity contribution in [2.75, 3.05) is 14.1 Å². The Balaban J connectivity index is 2.37. The zero-order valence-electron chi connectivity index (χ0n) is 9.32. The lowest BCUT2D eigenvalue weighted by atomic mass is 9.92. The molecule has 0 saturated carbocycles. The zero-order chi connectivity index (χ0) is 11.0. The average Bonchev–Trinajstić information content (AvgIpc) is 2.51. The van der Waals surface area contributed by atoms with Gasteiger partial charge in [-0.25, -0.2) is 0 Å². The predicted octanol–water partition coefficient (Wildman–Crippen LogP) is 0.995. The lowest BCUT2D eigenvalue weighted by Crippen LogP contribution is -2.16. The van der Waals surface area contributed by atoms with Crippen LogP contribution in [0.1, 0.15) is 22.5 Å². The molecule has 0 bridgehead atoms. The largest absolute Gasteiger partial charge is 0.383 e. The molecule has 0 amide bonds. The fourth-order valence-electron chi connectivity index (χ4n) is 1.88. The third-order valence-corrected chi connectivity index (χ3v) is 2.49. The molecule has 2 rings (SSSR count).